The van der Waals surface area contributed by atoms with Crippen LogP contribution in [0.15, 0.2) is 52.4 Å². The summed E-state index contributed by atoms with van der Waals surface area (Å²) in [6.07, 6.45) is 4.31. The predicted molar refractivity (Wildman–Crippen MR) is 143 cm³/mol. The Kier molecular flexibility index (Phi) is 12.7. The van der Waals surface area contributed by atoms with E-state index in [2.05, 4.69) is 34.7 Å². The summed E-state index contributed by atoms with van der Waals surface area (Å²) in [6, 6.07) is 13.6. The van der Waals surface area contributed by atoms with Crippen LogP contribution in [0.3, 0.4) is 0 Å². The van der Waals surface area contributed by atoms with Gasteiger partial charge in [-0.05, 0) is 61.6 Å². The zero-order valence-corrected chi connectivity index (χ0v) is 22.6. The second-order valence-electron chi connectivity index (χ2n) is 7.59. The summed E-state index contributed by atoms with van der Waals surface area (Å²) in [4.78, 5) is 5.00. The molecule has 0 unspecified atom stereocenters. The average Bonchev–Trinajstić information content (AvgIpc) is 2.72. The number of nitrogens with zero attached hydrogens (tertiary/aromatic N) is 1. The Hall–Kier alpha value is -1.81. The fourth-order valence-electron chi connectivity index (χ4n) is 3.15. The van der Waals surface area contributed by atoms with Gasteiger partial charge in [-0.15, -0.1) is 24.0 Å². The van der Waals surface area contributed by atoms with E-state index in [1.165, 1.54) is 11.8 Å². The summed E-state index contributed by atoms with van der Waals surface area (Å²) in [7, 11) is -3.21. The van der Waals surface area contributed by atoms with E-state index >= 15 is 0 Å². The molecule has 0 aliphatic carbocycles. The van der Waals surface area contributed by atoms with Gasteiger partial charge in [0.1, 0.15) is 5.75 Å². The van der Waals surface area contributed by atoms with Crippen LogP contribution in [-0.4, -0.2) is 40.3 Å². The smallest absolute Gasteiger partial charge is 0.191 e. The van der Waals surface area contributed by atoms with Crippen LogP contribution in [0.1, 0.15) is 43.4 Å². The van der Waals surface area contributed by atoms with E-state index in [0.29, 0.717) is 11.4 Å². The van der Waals surface area contributed by atoms with E-state index in [1.54, 1.807) is 6.07 Å². The summed E-state index contributed by atoms with van der Waals surface area (Å²) in [5, 5.41) is 6.61. The Labute approximate surface area is 210 Å². The second-order valence-corrected chi connectivity index (χ2v) is 9.57. The van der Waals surface area contributed by atoms with Crippen molar-refractivity contribution >= 4 is 39.8 Å². The highest BCUT2D eigenvalue weighted by atomic mass is 127. The molecule has 0 saturated carbocycles. The minimum Gasteiger partial charge on any atom is -0.494 e. The van der Waals surface area contributed by atoms with Crippen LogP contribution in [0.4, 0.5) is 0 Å². The van der Waals surface area contributed by atoms with E-state index in [0.717, 1.165) is 61.8 Å². The second kappa shape index (κ2) is 14.4. The van der Waals surface area contributed by atoms with Gasteiger partial charge in [-0.3, -0.25) is 0 Å². The lowest BCUT2D eigenvalue weighted by Gasteiger charge is -2.12. The lowest BCUT2D eigenvalue weighted by molar-refractivity contribution is 0.309. The molecule has 2 aromatic rings. The molecule has 0 aromatic heterocycles. The predicted octanol–water partition coefficient (Wildman–Crippen LogP) is 4.49. The van der Waals surface area contributed by atoms with Gasteiger partial charge in [0.25, 0.3) is 0 Å². The molecule has 0 radical (unpaired) electrons. The van der Waals surface area contributed by atoms with E-state index in [1.807, 2.05) is 38.1 Å². The lowest BCUT2D eigenvalue weighted by Crippen LogP contribution is -2.38. The Bertz CT molecular complexity index is 961. The molecule has 32 heavy (non-hydrogen) atoms. The molecule has 0 fully saturated rings. The first kappa shape index (κ1) is 28.2. The van der Waals surface area contributed by atoms with Gasteiger partial charge in [0, 0.05) is 19.3 Å². The number of guanidine groups is 1. The van der Waals surface area contributed by atoms with Crippen LogP contribution in [0, 0.1) is 6.92 Å². The third kappa shape index (κ3) is 9.77. The zero-order chi connectivity index (χ0) is 22.7. The Balaban J connectivity index is 0.00000512. The molecule has 0 bridgehead atoms. The van der Waals surface area contributed by atoms with Gasteiger partial charge in [-0.2, -0.15) is 0 Å². The summed E-state index contributed by atoms with van der Waals surface area (Å²) in [5.74, 6) is 1.66. The highest BCUT2D eigenvalue weighted by Gasteiger charge is 2.10. The fourth-order valence-corrected chi connectivity index (χ4v) is 4.11. The van der Waals surface area contributed by atoms with Gasteiger partial charge in [-0.1, -0.05) is 37.6 Å². The van der Waals surface area contributed by atoms with Crippen LogP contribution in [0.5, 0.6) is 5.75 Å². The Morgan fingerprint density at radius 2 is 1.72 bits per heavy atom. The van der Waals surface area contributed by atoms with Crippen LogP contribution in [0.2, 0.25) is 0 Å². The molecule has 0 saturated heterocycles. The quantitative estimate of drug-likeness (QED) is 0.179. The first-order valence-corrected chi connectivity index (χ1v) is 12.8. The average molecular weight is 574 g/mol. The monoisotopic (exact) mass is 573 g/mol. The number of aliphatic imine (C=N–C) groups is 1. The first-order valence-electron chi connectivity index (χ1n) is 10.9. The van der Waals surface area contributed by atoms with Crippen molar-refractivity contribution < 1.29 is 13.2 Å². The zero-order valence-electron chi connectivity index (χ0n) is 19.5. The highest BCUT2D eigenvalue weighted by Crippen LogP contribution is 2.17. The van der Waals surface area contributed by atoms with Crippen molar-refractivity contribution in [3.8, 4) is 5.75 Å². The summed E-state index contributed by atoms with van der Waals surface area (Å²) < 4.78 is 29.3. The number of aryl methyl sites for hydroxylation is 1. The fraction of sp³-hybridized carbons (Fsp3) is 0.458. The number of hydrogen-bond acceptors (Lipinski definition) is 4. The molecule has 178 valence electrons. The van der Waals surface area contributed by atoms with Crippen molar-refractivity contribution in [3.05, 3.63) is 59.2 Å². The van der Waals surface area contributed by atoms with Gasteiger partial charge < -0.3 is 15.4 Å². The summed E-state index contributed by atoms with van der Waals surface area (Å²) in [6.45, 7) is 8.75. The molecular weight excluding hydrogens is 537 g/mol. The number of ether oxygens (including phenoxy) is 1. The minimum atomic E-state index is -3.21. The maximum Gasteiger partial charge on any atom is 0.191 e. The Morgan fingerprint density at radius 3 is 2.31 bits per heavy atom. The third-order valence-electron chi connectivity index (χ3n) is 4.80. The largest absolute Gasteiger partial charge is 0.494 e. The molecule has 0 atom stereocenters. The van der Waals surface area contributed by atoms with Crippen LogP contribution >= 0.6 is 24.0 Å². The maximum atomic E-state index is 11.8. The number of sulfone groups is 1. The molecule has 2 N–H and O–H groups in total. The van der Waals surface area contributed by atoms with Gasteiger partial charge in [0.05, 0.1) is 18.0 Å². The van der Waals surface area contributed by atoms with Crippen LogP contribution in [0.25, 0.3) is 0 Å². The summed E-state index contributed by atoms with van der Waals surface area (Å²) >= 11 is 0. The number of unbranched alkanes of at least 4 members (excludes halogenated alkanes) is 1. The number of nitrogens with one attached hydrogen (secondary N) is 2. The molecule has 0 aliphatic heterocycles. The van der Waals surface area contributed by atoms with Crippen molar-refractivity contribution in [2.24, 2.45) is 4.99 Å². The van der Waals surface area contributed by atoms with E-state index in [-0.39, 0.29) is 24.0 Å². The number of halogens is 1. The highest BCUT2D eigenvalue weighted by molar-refractivity contribution is 14.0. The number of benzene rings is 2. The summed E-state index contributed by atoms with van der Waals surface area (Å²) in [5.41, 5.74) is 2.95. The van der Waals surface area contributed by atoms with Gasteiger partial charge in [-0.25, -0.2) is 13.4 Å². The molecule has 8 heteroatoms. The normalized spacial score (nSPS) is 11.6. The van der Waals surface area contributed by atoms with Crippen LogP contribution < -0.4 is 15.4 Å². The van der Waals surface area contributed by atoms with Gasteiger partial charge in [0.15, 0.2) is 15.8 Å². The van der Waals surface area contributed by atoms with Crippen LogP contribution in [-0.2, 0) is 22.8 Å². The topological polar surface area (TPSA) is 79.8 Å². The maximum absolute atomic E-state index is 11.8. The molecule has 0 heterocycles. The molecule has 2 rings (SSSR count). The van der Waals surface area contributed by atoms with Crippen molar-refractivity contribution in [2.45, 2.75) is 51.5 Å². The van der Waals surface area contributed by atoms with Crippen molar-refractivity contribution in [1.29, 1.82) is 0 Å². The lowest BCUT2D eigenvalue weighted by atomic mass is 10.1. The third-order valence-corrected chi connectivity index (χ3v) is 6.06. The Morgan fingerprint density at radius 1 is 1.03 bits per heavy atom. The van der Waals surface area contributed by atoms with Crippen molar-refractivity contribution in [2.75, 3.05) is 26.0 Å². The molecular formula is C24H36IN3O3S. The van der Waals surface area contributed by atoms with E-state index < -0.39 is 9.84 Å². The van der Waals surface area contributed by atoms with Crippen molar-refractivity contribution in [1.82, 2.24) is 10.6 Å². The van der Waals surface area contributed by atoms with E-state index in [9.17, 15) is 8.42 Å². The standard InChI is InChI=1S/C24H35N3O3S.HI/c1-5-7-16-30-22-11-8-20(9-12-22)14-15-26-24(25-6-2)27-18-21-10-13-23(19(3)17-21)31(4,28)29;/h8-13,17H,5-7,14-16,18H2,1-4H3,(H2,25,26,27);1H. The molecule has 2 aromatic carbocycles. The molecule has 6 nitrogen and oxygen atoms in total. The first-order chi connectivity index (χ1) is 14.8. The number of hydrogen-bond donors (Lipinski definition) is 2. The molecule has 0 amide bonds. The van der Waals surface area contributed by atoms with E-state index in [4.69, 9.17) is 4.74 Å². The minimum absolute atomic E-state index is 0. The SMILES string of the molecule is CCCCOc1ccc(CCNC(=NCc2ccc(S(C)(=O)=O)c(C)c2)NCC)cc1.I. The van der Waals surface area contributed by atoms with Crippen molar-refractivity contribution in [3.63, 3.8) is 0 Å². The van der Waals surface area contributed by atoms with Gasteiger partial charge >= 0.3 is 0 Å². The molecule has 0 spiro atoms. The molecule has 0 aliphatic rings. The number of rotatable bonds is 11. The van der Waals surface area contributed by atoms with Gasteiger partial charge in [0.2, 0.25) is 0 Å².